The number of nitrogens with one attached hydrogen (secondary N) is 1. The van der Waals surface area contributed by atoms with E-state index in [1.807, 2.05) is 0 Å². The molecule has 1 heterocycles. The molecule has 0 bridgehead atoms. The summed E-state index contributed by atoms with van der Waals surface area (Å²) in [5.41, 5.74) is -0.207. The molecule has 29 heavy (non-hydrogen) atoms. The highest BCUT2D eigenvalue weighted by atomic mass is 35.5. The molecule has 0 radical (unpaired) electrons. The van der Waals surface area contributed by atoms with Gasteiger partial charge in [0, 0.05) is 24.3 Å². The second-order valence-corrected chi connectivity index (χ2v) is 6.09. The lowest BCUT2D eigenvalue weighted by Crippen LogP contribution is -2.11. The molecule has 0 atom stereocenters. The van der Waals surface area contributed by atoms with Gasteiger partial charge in [0.2, 0.25) is 0 Å². The van der Waals surface area contributed by atoms with Crippen LogP contribution in [-0.4, -0.2) is 15.8 Å². The fourth-order valence-electron chi connectivity index (χ4n) is 2.30. The van der Waals surface area contributed by atoms with Crippen molar-refractivity contribution in [3.8, 4) is 5.75 Å². The molecule has 0 saturated carbocycles. The van der Waals surface area contributed by atoms with Crippen LogP contribution in [0.5, 0.6) is 5.75 Å². The SMILES string of the molecule is O=C(Nc1cc([N+](=O)[O-])ccc1Cl)c1ccc(COc2ccc([N+](=O)[O-])cc2)o1. The Labute approximate surface area is 168 Å². The van der Waals surface area contributed by atoms with Crippen LogP contribution in [0.2, 0.25) is 5.02 Å². The number of benzene rings is 2. The van der Waals surface area contributed by atoms with Gasteiger partial charge in [-0.2, -0.15) is 0 Å². The Balaban J connectivity index is 1.63. The van der Waals surface area contributed by atoms with Crippen molar-refractivity contribution >= 4 is 34.6 Å². The molecule has 3 rings (SSSR count). The van der Waals surface area contributed by atoms with Crippen LogP contribution in [0.1, 0.15) is 16.3 Å². The second-order valence-electron chi connectivity index (χ2n) is 5.68. The van der Waals surface area contributed by atoms with E-state index in [4.69, 9.17) is 20.8 Å². The number of non-ortho nitro benzene ring substituents is 2. The van der Waals surface area contributed by atoms with Crippen LogP contribution in [0.25, 0.3) is 0 Å². The van der Waals surface area contributed by atoms with E-state index < -0.39 is 15.8 Å². The zero-order valence-electron chi connectivity index (χ0n) is 14.5. The molecule has 11 heteroatoms. The zero-order chi connectivity index (χ0) is 21.0. The van der Waals surface area contributed by atoms with Gasteiger partial charge in [0.05, 0.1) is 20.6 Å². The molecule has 3 aromatic rings. The molecule has 0 aliphatic heterocycles. The molecule has 1 N–H and O–H groups in total. The van der Waals surface area contributed by atoms with E-state index in [9.17, 15) is 25.0 Å². The van der Waals surface area contributed by atoms with E-state index in [0.717, 1.165) is 6.07 Å². The van der Waals surface area contributed by atoms with Crippen molar-refractivity contribution in [3.05, 3.63) is 91.4 Å². The Morgan fingerprint density at radius 2 is 1.66 bits per heavy atom. The van der Waals surface area contributed by atoms with Gasteiger partial charge in [-0.05, 0) is 30.3 Å². The first kappa shape index (κ1) is 19.8. The number of nitro benzene ring substituents is 2. The summed E-state index contributed by atoms with van der Waals surface area (Å²) in [5, 5.41) is 24.1. The van der Waals surface area contributed by atoms with Crippen molar-refractivity contribution in [3.63, 3.8) is 0 Å². The number of rotatable bonds is 7. The summed E-state index contributed by atoms with van der Waals surface area (Å²) < 4.78 is 10.9. The summed E-state index contributed by atoms with van der Waals surface area (Å²) >= 11 is 5.96. The summed E-state index contributed by atoms with van der Waals surface area (Å²) in [4.78, 5) is 32.7. The molecule has 2 aromatic carbocycles. The van der Waals surface area contributed by atoms with Crippen LogP contribution < -0.4 is 10.1 Å². The molecular weight excluding hydrogens is 406 g/mol. The van der Waals surface area contributed by atoms with Gasteiger partial charge in [0.25, 0.3) is 17.3 Å². The third kappa shape index (κ3) is 4.87. The molecule has 0 aliphatic rings. The first-order valence-electron chi connectivity index (χ1n) is 8.05. The fraction of sp³-hybridized carbons (Fsp3) is 0.0556. The Morgan fingerprint density at radius 1 is 1.00 bits per heavy atom. The Kier molecular flexibility index (Phi) is 5.74. The number of anilines is 1. The van der Waals surface area contributed by atoms with Gasteiger partial charge in [-0.25, -0.2) is 0 Å². The molecule has 10 nitrogen and oxygen atoms in total. The average Bonchev–Trinajstić information content (AvgIpc) is 3.17. The maximum absolute atomic E-state index is 12.3. The Morgan fingerprint density at radius 3 is 2.31 bits per heavy atom. The average molecular weight is 418 g/mol. The van der Waals surface area contributed by atoms with Crippen molar-refractivity contribution in [1.29, 1.82) is 0 Å². The molecular formula is C18H12ClN3O7. The van der Waals surface area contributed by atoms with Gasteiger partial charge in [0.15, 0.2) is 5.76 Å². The Bertz CT molecular complexity index is 1080. The number of hydrogen-bond donors (Lipinski definition) is 1. The van der Waals surface area contributed by atoms with Gasteiger partial charge < -0.3 is 14.5 Å². The van der Waals surface area contributed by atoms with E-state index in [1.165, 1.54) is 48.5 Å². The second kappa shape index (κ2) is 8.40. The summed E-state index contributed by atoms with van der Waals surface area (Å²) in [6.07, 6.45) is 0. The summed E-state index contributed by atoms with van der Waals surface area (Å²) in [6, 6.07) is 12.1. The summed E-state index contributed by atoms with van der Waals surface area (Å²) in [6.45, 7) is -0.0113. The molecule has 0 saturated heterocycles. The number of carbonyl (C=O) groups is 1. The van der Waals surface area contributed by atoms with Crippen molar-refractivity contribution in [1.82, 2.24) is 0 Å². The van der Waals surface area contributed by atoms with Gasteiger partial charge in [-0.3, -0.25) is 25.0 Å². The molecule has 0 unspecified atom stereocenters. The van der Waals surface area contributed by atoms with E-state index in [0.29, 0.717) is 11.5 Å². The largest absolute Gasteiger partial charge is 0.486 e. The summed E-state index contributed by atoms with van der Waals surface area (Å²) in [5.74, 6) is 0.0314. The van der Waals surface area contributed by atoms with Crippen LogP contribution in [-0.2, 0) is 6.61 Å². The van der Waals surface area contributed by atoms with E-state index in [-0.39, 0.29) is 34.5 Å². The third-order valence-corrected chi connectivity index (χ3v) is 4.05. The lowest BCUT2D eigenvalue weighted by atomic mass is 10.2. The molecule has 0 fully saturated rings. The lowest BCUT2D eigenvalue weighted by Gasteiger charge is -2.06. The maximum Gasteiger partial charge on any atom is 0.291 e. The standard InChI is InChI=1S/C18H12ClN3O7/c19-15-7-3-12(22(26)27)9-16(15)20-18(23)17-8-6-14(29-17)10-28-13-4-1-11(2-5-13)21(24)25/h1-9H,10H2,(H,20,23). The summed E-state index contributed by atoms with van der Waals surface area (Å²) in [7, 11) is 0. The minimum atomic E-state index is -0.644. The normalized spacial score (nSPS) is 10.4. The highest BCUT2D eigenvalue weighted by Crippen LogP contribution is 2.27. The number of carbonyl (C=O) groups excluding carboxylic acids is 1. The van der Waals surface area contributed by atoms with Crippen molar-refractivity contribution < 1.29 is 23.8 Å². The quantitative estimate of drug-likeness (QED) is 0.438. The van der Waals surface area contributed by atoms with Crippen LogP contribution in [0, 0.1) is 20.2 Å². The van der Waals surface area contributed by atoms with Gasteiger partial charge in [0.1, 0.15) is 18.1 Å². The molecule has 0 spiro atoms. The number of hydrogen-bond acceptors (Lipinski definition) is 7. The topological polar surface area (TPSA) is 138 Å². The maximum atomic E-state index is 12.3. The fourth-order valence-corrected chi connectivity index (χ4v) is 2.47. The van der Waals surface area contributed by atoms with Crippen LogP contribution in [0.15, 0.2) is 59.0 Å². The minimum Gasteiger partial charge on any atom is -0.486 e. The first-order chi connectivity index (χ1) is 13.8. The number of furan rings is 1. The van der Waals surface area contributed by atoms with Crippen LogP contribution in [0.4, 0.5) is 17.1 Å². The minimum absolute atomic E-state index is 0.0113. The van der Waals surface area contributed by atoms with Gasteiger partial charge in [-0.15, -0.1) is 0 Å². The first-order valence-corrected chi connectivity index (χ1v) is 8.42. The van der Waals surface area contributed by atoms with Crippen molar-refractivity contribution in [2.45, 2.75) is 6.61 Å². The zero-order valence-corrected chi connectivity index (χ0v) is 15.3. The van der Waals surface area contributed by atoms with Gasteiger partial charge >= 0.3 is 0 Å². The molecule has 1 amide bonds. The molecule has 148 valence electrons. The van der Waals surface area contributed by atoms with Crippen molar-refractivity contribution in [2.24, 2.45) is 0 Å². The number of amides is 1. The molecule has 1 aromatic heterocycles. The van der Waals surface area contributed by atoms with Crippen LogP contribution >= 0.6 is 11.6 Å². The number of nitrogens with zero attached hydrogens (tertiary/aromatic N) is 2. The Hall–Kier alpha value is -3.92. The third-order valence-electron chi connectivity index (χ3n) is 3.72. The van der Waals surface area contributed by atoms with Crippen molar-refractivity contribution in [2.75, 3.05) is 5.32 Å². The highest BCUT2D eigenvalue weighted by molar-refractivity contribution is 6.34. The predicted octanol–water partition coefficient (Wildman–Crippen LogP) is 4.58. The predicted molar refractivity (Wildman–Crippen MR) is 102 cm³/mol. The van der Waals surface area contributed by atoms with E-state index in [1.54, 1.807) is 0 Å². The highest BCUT2D eigenvalue weighted by Gasteiger charge is 2.16. The smallest absolute Gasteiger partial charge is 0.291 e. The monoisotopic (exact) mass is 417 g/mol. The van der Waals surface area contributed by atoms with Gasteiger partial charge in [-0.1, -0.05) is 11.6 Å². The number of ether oxygens (including phenoxy) is 1. The molecule has 0 aliphatic carbocycles. The number of nitro groups is 2. The van der Waals surface area contributed by atoms with E-state index in [2.05, 4.69) is 5.32 Å². The van der Waals surface area contributed by atoms with E-state index >= 15 is 0 Å². The van der Waals surface area contributed by atoms with Crippen LogP contribution in [0.3, 0.4) is 0 Å². The lowest BCUT2D eigenvalue weighted by molar-refractivity contribution is -0.385. The number of halogens is 1.